The first kappa shape index (κ1) is 29.6. The smallest absolute Gasteiger partial charge is 0.220 e. The van der Waals surface area contributed by atoms with E-state index in [0.29, 0.717) is 6.42 Å². The lowest BCUT2D eigenvalue weighted by Gasteiger charge is -2.40. The topological polar surface area (TPSA) is 169 Å². The Bertz CT molecular complexity index is 718. The summed E-state index contributed by atoms with van der Waals surface area (Å²) >= 11 is 0. The van der Waals surface area contributed by atoms with Gasteiger partial charge in [0.15, 0.2) is 6.29 Å². The molecular weight excluding hydrogens is 458 g/mol. The van der Waals surface area contributed by atoms with Crippen LogP contribution in [0.25, 0.3) is 0 Å². The lowest BCUT2D eigenvalue weighted by Crippen LogP contribution is -2.60. The van der Waals surface area contributed by atoms with Gasteiger partial charge >= 0.3 is 0 Å². The van der Waals surface area contributed by atoms with Crippen LogP contribution < -0.4 is 5.32 Å². The molecule has 35 heavy (non-hydrogen) atoms. The molecule has 2 rings (SSSR count). The number of aryl methyl sites for hydroxylation is 1. The zero-order valence-corrected chi connectivity index (χ0v) is 20.3. The summed E-state index contributed by atoms with van der Waals surface area (Å²) in [5.74, 6) is -0.309. The molecule has 0 spiro atoms. The minimum atomic E-state index is -1.60. The number of benzene rings is 1. The van der Waals surface area contributed by atoms with Gasteiger partial charge in [0.25, 0.3) is 0 Å². The monoisotopic (exact) mass is 499 g/mol. The molecule has 1 aromatic carbocycles. The van der Waals surface area contributed by atoms with Crippen LogP contribution in [0.1, 0.15) is 51.0 Å². The quantitative estimate of drug-likeness (QED) is 0.159. The maximum atomic E-state index is 12.4. The van der Waals surface area contributed by atoms with Gasteiger partial charge in [-0.15, -0.1) is 0 Å². The molecule has 0 aliphatic carbocycles. The van der Waals surface area contributed by atoms with Crippen molar-refractivity contribution in [2.24, 2.45) is 0 Å². The van der Waals surface area contributed by atoms with E-state index in [2.05, 4.69) is 17.4 Å². The van der Waals surface area contributed by atoms with E-state index in [1.54, 1.807) is 0 Å². The summed E-state index contributed by atoms with van der Waals surface area (Å²) in [5.41, 5.74) is 1.32. The van der Waals surface area contributed by atoms with E-state index in [4.69, 9.17) is 9.47 Å². The van der Waals surface area contributed by atoms with Gasteiger partial charge in [0, 0.05) is 6.42 Å². The molecule has 0 aromatic heterocycles. The minimum absolute atomic E-state index is 0.252. The third-order valence-corrected chi connectivity index (χ3v) is 6.25. The SMILES string of the molecule is C[C@@H](O)[C@@H](O)[C@H](COC1OC(CO)C(O)C(O)[C@@H]1O)NC(=O)CCCCCCCc1ccccc1. The van der Waals surface area contributed by atoms with Crippen LogP contribution in [-0.4, -0.2) is 98.7 Å². The Balaban J connectivity index is 1.73. The van der Waals surface area contributed by atoms with Gasteiger partial charge < -0.3 is 45.4 Å². The predicted molar refractivity (Wildman–Crippen MR) is 127 cm³/mol. The molecule has 1 heterocycles. The second-order valence-electron chi connectivity index (χ2n) is 9.19. The highest BCUT2D eigenvalue weighted by molar-refractivity contribution is 5.76. The summed E-state index contributed by atoms with van der Waals surface area (Å²) in [6.07, 6.45) is -3.73. The van der Waals surface area contributed by atoms with Crippen molar-refractivity contribution in [3.63, 3.8) is 0 Å². The Kier molecular flexibility index (Phi) is 13.1. The lowest BCUT2D eigenvalue weighted by atomic mass is 9.99. The van der Waals surface area contributed by atoms with Crippen LogP contribution in [0.5, 0.6) is 0 Å². The molecule has 0 bridgehead atoms. The standard InChI is InChI=1S/C25H41NO9/c1-16(28)21(30)18(15-34-25-24(33)23(32)22(31)19(14-27)35-25)26-20(29)13-9-4-2-3-6-10-17-11-7-5-8-12-17/h5,7-8,11-12,16,18-19,21-25,27-28,30-33H,2-4,6,9-10,13-15H2,1H3,(H,26,29)/t16-,18+,19?,21-,22?,23?,24+,25?/m1/s1. The van der Waals surface area contributed by atoms with Crippen molar-refractivity contribution in [2.45, 2.75) is 101 Å². The summed E-state index contributed by atoms with van der Waals surface area (Å²) < 4.78 is 10.7. The van der Waals surface area contributed by atoms with Crippen LogP contribution in [0, 0.1) is 0 Å². The van der Waals surface area contributed by atoms with Crippen molar-refractivity contribution in [3.8, 4) is 0 Å². The molecule has 4 unspecified atom stereocenters. The second kappa shape index (κ2) is 15.5. The van der Waals surface area contributed by atoms with E-state index in [-0.39, 0.29) is 18.9 Å². The number of ether oxygens (including phenoxy) is 2. The molecule has 10 nitrogen and oxygen atoms in total. The van der Waals surface area contributed by atoms with Gasteiger partial charge in [-0.25, -0.2) is 0 Å². The molecule has 1 aliphatic heterocycles. The van der Waals surface area contributed by atoms with Crippen LogP contribution in [0.15, 0.2) is 30.3 Å². The van der Waals surface area contributed by atoms with Crippen molar-refractivity contribution < 1.29 is 44.9 Å². The van der Waals surface area contributed by atoms with E-state index in [0.717, 1.165) is 32.1 Å². The zero-order chi connectivity index (χ0) is 25.8. The number of rotatable bonds is 15. The lowest BCUT2D eigenvalue weighted by molar-refractivity contribution is -0.303. The average Bonchev–Trinajstić information content (AvgIpc) is 2.85. The van der Waals surface area contributed by atoms with Crippen molar-refractivity contribution >= 4 is 5.91 Å². The number of hydrogen-bond acceptors (Lipinski definition) is 9. The summed E-state index contributed by atoms with van der Waals surface area (Å²) in [6.45, 7) is 0.431. The Morgan fingerprint density at radius 1 is 1.00 bits per heavy atom. The Morgan fingerprint density at radius 2 is 1.66 bits per heavy atom. The minimum Gasteiger partial charge on any atom is -0.394 e. The van der Waals surface area contributed by atoms with Crippen molar-refractivity contribution in [1.82, 2.24) is 5.32 Å². The average molecular weight is 500 g/mol. The van der Waals surface area contributed by atoms with E-state index < -0.39 is 55.6 Å². The fourth-order valence-electron chi connectivity index (χ4n) is 4.03. The number of aliphatic hydroxyl groups is 6. The molecule has 1 fully saturated rings. The number of amides is 1. The van der Waals surface area contributed by atoms with Gasteiger partial charge in [-0.3, -0.25) is 4.79 Å². The largest absolute Gasteiger partial charge is 0.394 e. The molecule has 1 amide bonds. The number of carbonyl (C=O) groups is 1. The van der Waals surface area contributed by atoms with Gasteiger partial charge in [0.1, 0.15) is 30.5 Å². The molecular formula is C25H41NO9. The molecule has 7 N–H and O–H groups in total. The van der Waals surface area contributed by atoms with E-state index in [9.17, 15) is 35.4 Å². The van der Waals surface area contributed by atoms with Crippen LogP contribution >= 0.6 is 0 Å². The zero-order valence-electron chi connectivity index (χ0n) is 20.3. The summed E-state index contributed by atoms with van der Waals surface area (Å²) in [4.78, 5) is 12.4. The fraction of sp³-hybridized carbons (Fsp3) is 0.720. The highest BCUT2D eigenvalue weighted by Gasteiger charge is 2.44. The van der Waals surface area contributed by atoms with Gasteiger partial charge in [0.05, 0.1) is 25.4 Å². The van der Waals surface area contributed by atoms with Crippen LogP contribution in [0.3, 0.4) is 0 Å². The van der Waals surface area contributed by atoms with Crippen molar-refractivity contribution in [3.05, 3.63) is 35.9 Å². The number of unbranched alkanes of at least 4 members (excludes halogenated alkanes) is 4. The first-order valence-electron chi connectivity index (χ1n) is 12.4. The van der Waals surface area contributed by atoms with E-state index in [1.807, 2.05) is 18.2 Å². The maximum Gasteiger partial charge on any atom is 0.220 e. The molecule has 8 atom stereocenters. The van der Waals surface area contributed by atoms with Crippen molar-refractivity contribution in [2.75, 3.05) is 13.2 Å². The normalized spacial score (nSPS) is 27.2. The van der Waals surface area contributed by atoms with E-state index >= 15 is 0 Å². The summed E-state index contributed by atoms with van der Waals surface area (Å²) in [7, 11) is 0. The van der Waals surface area contributed by atoms with Gasteiger partial charge in [0.2, 0.25) is 5.91 Å². The third kappa shape index (κ3) is 9.74. The number of hydrogen-bond donors (Lipinski definition) is 7. The third-order valence-electron chi connectivity index (χ3n) is 6.25. The molecule has 0 radical (unpaired) electrons. The maximum absolute atomic E-state index is 12.4. The van der Waals surface area contributed by atoms with Crippen LogP contribution in [0.4, 0.5) is 0 Å². The molecule has 200 valence electrons. The first-order valence-corrected chi connectivity index (χ1v) is 12.4. The Hall–Kier alpha value is -1.63. The fourth-order valence-corrected chi connectivity index (χ4v) is 4.03. The second-order valence-corrected chi connectivity index (χ2v) is 9.19. The number of aliphatic hydroxyl groups excluding tert-OH is 6. The predicted octanol–water partition coefficient (Wildman–Crippen LogP) is -0.387. The molecule has 1 aliphatic rings. The van der Waals surface area contributed by atoms with Crippen LogP contribution in [0.2, 0.25) is 0 Å². The summed E-state index contributed by atoms with van der Waals surface area (Å²) in [6, 6.07) is 9.30. The molecule has 1 aromatic rings. The first-order chi connectivity index (χ1) is 16.7. The van der Waals surface area contributed by atoms with Gasteiger partial charge in [-0.05, 0) is 31.7 Å². The van der Waals surface area contributed by atoms with E-state index in [1.165, 1.54) is 12.5 Å². The Labute approximate surface area is 206 Å². The van der Waals surface area contributed by atoms with Gasteiger partial charge in [-0.1, -0.05) is 49.6 Å². The Morgan fingerprint density at radius 3 is 2.31 bits per heavy atom. The number of nitrogens with one attached hydrogen (secondary N) is 1. The molecule has 1 saturated heterocycles. The number of carbonyl (C=O) groups excluding carboxylic acids is 1. The van der Waals surface area contributed by atoms with Crippen molar-refractivity contribution in [1.29, 1.82) is 0 Å². The highest BCUT2D eigenvalue weighted by Crippen LogP contribution is 2.22. The van der Waals surface area contributed by atoms with Crippen LogP contribution in [-0.2, 0) is 20.7 Å². The molecule has 0 saturated carbocycles. The molecule has 10 heteroatoms. The highest BCUT2D eigenvalue weighted by atomic mass is 16.7. The van der Waals surface area contributed by atoms with Gasteiger partial charge in [-0.2, -0.15) is 0 Å². The summed E-state index contributed by atoms with van der Waals surface area (Å²) in [5, 5.41) is 61.8.